The number of rotatable bonds is 4. The van der Waals surface area contributed by atoms with E-state index in [1.807, 2.05) is 19.1 Å². The van der Waals surface area contributed by atoms with Gasteiger partial charge in [-0.1, -0.05) is 6.07 Å². The number of morpholine rings is 1. The molecule has 2 atom stereocenters. The zero-order chi connectivity index (χ0) is 13.0. The minimum absolute atomic E-state index is 0.339. The minimum Gasteiger partial charge on any atom is -0.508 e. The van der Waals surface area contributed by atoms with E-state index < -0.39 is 0 Å². The highest BCUT2D eigenvalue weighted by atomic mass is 16.5. The molecule has 4 heteroatoms. The molecule has 0 aromatic heterocycles. The van der Waals surface area contributed by atoms with Crippen LogP contribution < -0.4 is 10.6 Å². The number of phenols is 1. The monoisotopic (exact) mass is 250 g/mol. The molecule has 18 heavy (non-hydrogen) atoms. The molecule has 1 aromatic carbocycles. The van der Waals surface area contributed by atoms with Gasteiger partial charge in [0.15, 0.2) is 0 Å². The second kappa shape index (κ2) is 6.07. The Morgan fingerprint density at radius 3 is 3.06 bits per heavy atom. The summed E-state index contributed by atoms with van der Waals surface area (Å²) in [7, 11) is 0. The fourth-order valence-electron chi connectivity index (χ4n) is 2.24. The van der Waals surface area contributed by atoms with Crippen molar-refractivity contribution in [1.29, 1.82) is 0 Å². The molecule has 0 saturated carbocycles. The van der Waals surface area contributed by atoms with Crippen molar-refractivity contribution < 1.29 is 9.84 Å². The van der Waals surface area contributed by atoms with Crippen LogP contribution in [0, 0.1) is 6.92 Å². The standard InChI is InChI=1S/C14H22N2O2/c1-10-3-4-12(8-14(10)17)16-11(2)7-13-9-18-6-5-15-13/h3-4,8,11,13,15-17H,5-7,9H2,1-2H3. The van der Waals surface area contributed by atoms with Gasteiger partial charge in [-0.2, -0.15) is 0 Å². The first kappa shape index (κ1) is 13.2. The summed E-state index contributed by atoms with van der Waals surface area (Å²) < 4.78 is 5.44. The molecular weight excluding hydrogens is 228 g/mol. The number of nitrogens with one attached hydrogen (secondary N) is 2. The molecule has 1 fully saturated rings. The van der Waals surface area contributed by atoms with Crippen molar-refractivity contribution in [3.8, 4) is 5.75 Å². The van der Waals surface area contributed by atoms with E-state index in [0.717, 1.165) is 37.4 Å². The molecular formula is C14H22N2O2. The molecule has 3 N–H and O–H groups in total. The van der Waals surface area contributed by atoms with E-state index >= 15 is 0 Å². The third-order valence-electron chi connectivity index (χ3n) is 3.26. The van der Waals surface area contributed by atoms with Crippen LogP contribution in [0.2, 0.25) is 0 Å². The van der Waals surface area contributed by atoms with Crippen molar-refractivity contribution in [3.63, 3.8) is 0 Å². The molecule has 2 rings (SSSR count). The van der Waals surface area contributed by atoms with Gasteiger partial charge in [0, 0.05) is 30.4 Å². The van der Waals surface area contributed by atoms with Crippen molar-refractivity contribution in [2.75, 3.05) is 25.1 Å². The van der Waals surface area contributed by atoms with Crippen LogP contribution in [0.4, 0.5) is 5.69 Å². The Bertz CT molecular complexity index is 389. The van der Waals surface area contributed by atoms with Crippen molar-refractivity contribution >= 4 is 5.69 Å². The van der Waals surface area contributed by atoms with Gasteiger partial charge >= 0.3 is 0 Å². The average molecular weight is 250 g/mol. The summed E-state index contributed by atoms with van der Waals surface area (Å²) in [4.78, 5) is 0. The van der Waals surface area contributed by atoms with E-state index in [4.69, 9.17) is 4.74 Å². The van der Waals surface area contributed by atoms with Gasteiger partial charge in [0.25, 0.3) is 0 Å². The molecule has 1 aromatic rings. The first-order chi connectivity index (χ1) is 8.65. The molecule has 0 radical (unpaired) electrons. The quantitative estimate of drug-likeness (QED) is 0.763. The summed E-state index contributed by atoms with van der Waals surface area (Å²) in [6.07, 6.45) is 1.01. The van der Waals surface area contributed by atoms with Gasteiger partial charge in [-0.15, -0.1) is 0 Å². The molecule has 100 valence electrons. The second-order valence-electron chi connectivity index (χ2n) is 5.01. The van der Waals surface area contributed by atoms with E-state index in [1.165, 1.54) is 0 Å². The van der Waals surface area contributed by atoms with E-state index in [0.29, 0.717) is 17.8 Å². The van der Waals surface area contributed by atoms with Crippen LogP contribution in [-0.2, 0) is 4.74 Å². The average Bonchev–Trinajstić information content (AvgIpc) is 2.35. The molecule has 1 aliphatic heterocycles. The number of hydrogen-bond acceptors (Lipinski definition) is 4. The summed E-state index contributed by atoms with van der Waals surface area (Å²) in [5.41, 5.74) is 1.86. The molecule has 1 heterocycles. The summed E-state index contributed by atoms with van der Waals surface area (Å²) in [6, 6.07) is 6.45. The maximum absolute atomic E-state index is 9.66. The fourth-order valence-corrected chi connectivity index (χ4v) is 2.24. The summed E-state index contributed by atoms with van der Waals surface area (Å²) in [6.45, 7) is 6.57. The Labute approximate surface area is 108 Å². The van der Waals surface area contributed by atoms with Gasteiger partial charge in [-0.25, -0.2) is 0 Å². The number of aryl methyl sites for hydroxylation is 1. The van der Waals surface area contributed by atoms with Gasteiger partial charge in [0.2, 0.25) is 0 Å². The van der Waals surface area contributed by atoms with Crippen LogP contribution in [0.5, 0.6) is 5.75 Å². The van der Waals surface area contributed by atoms with Crippen molar-refractivity contribution in [2.24, 2.45) is 0 Å². The number of anilines is 1. The van der Waals surface area contributed by atoms with Gasteiger partial charge in [0.05, 0.1) is 13.2 Å². The normalized spacial score (nSPS) is 21.6. The van der Waals surface area contributed by atoms with Crippen LogP contribution in [-0.4, -0.2) is 36.9 Å². The molecule has 4 nitrogen and oxygen atoms in total. The highest BCUT2D eigenvalue weighted by Crippen LogP contribution is 2.21. The number of phenolic OH excluding ortho intramolecular Hbond substituents is 1. The molecule has 2 unspecified atom stereocenters. The zero-order valence-electron chi connectivity index (χ0n) is 11.1. The Morgan fingerprint density at radius 1 is 1.56 bits per heavy atom. The Morgan fingerprint density at radius 2 is 2.39 bits per heavy atom. The smallest absolute Gasteiger partial charge is 0.120 e. The number of hydrogen-bond donors (Lipinski definition) is 3. The number of ether oxygens (including phenoxy) is 1. The predicted octanol–water partition coefficient (Wildman–Crippen LogP) is 1.88. The minimum atomic E-state index is 0.339. The second-order valence-corrected chi connectivity index (χ2v) is 5.01. The Kier molecular flexibility index (Phi) is 4.44. The highest BCUT2D eigenvalue weighted by molar-refractivity contribution is 5.51. The summed E-state index contributed by atoms with van der Waals surface area (Å²) >= 11 is 0. The van der Waals surface area contributed by atoms with Gasteiger partial charge in [-0.05, 0) is 31.9 Å². The van der Waals surface area contributed by atoms with Crippen LogP contribution in [0.3, 0.4) is 0 Å². The van der Waals surface area contributed by atoms with Crippen LogP contribution in [0.15, 0.2) is 18.2 Å². The molecule has 1 aliphatic rings. The lowest BCUT2D eigenvalue weighted by Crippen LogP contribution is -2.43. The molecule has 0 spiro atoms. The Balaban J connectivity index is 1.85. The van der Waals surface area contributed by atoms with Gasteiger partial charge in [0.1, 0.15) is 5.75 Å². The third kappa shape index (κ3) is 3.62. The van der Waals surface area contributed by atoms with Crippen LogP contribution in [0.1, 0.15) is 18.9 Å². The molecule has 0 aliphatic carbocycles. The topological polar surface area (TPSA) is 53.5 Å². The number of aromatic hydroxyl groups is 1. The highest BCUT2D eigenvalue weighted by Gasteiger charge is 2.16. The summed E-state index contributed by atoms with van der Waals surface area (Å²) in [5, 5.41) is 16.5. The van der Waals surface area contributed by atoms with Crippen LogP contribution >= 0.6 is 0 Å². The predicted molar refractivity (Wildman–Crippen MR) is 73.2 cm³/mol. The lowest BCUT2D eigenvalue weighted by Gasteiger charge is -2.27. The maximum Gasteiger partial charge on any atom is 0.120 e. The van der Waals surface area contributed by atoms with Crippen molar-refractivity contribution in [3.05, 3.63) is 23.8 Å². The van der Waals surface area contributed by atoms with Crippen molar-refractivity contribution in [1.82, 2.24) is 5.32 Å². The van der Waals surface area contributed by atoms with E-state index in [2.05, 4.69) is 17.6 Å². The third-order valence-corrected chi connectivity index (χ3v) is 3.26. The molecule has 1 saturated heterocycles. The van der Waals surface area contributed by atoms with Gasteiger partial charge < -0.3 is 20.5 Å². The fraction of sp³-hybridized carbons (Fsp3) is 0.571. The largest absolute Gasteiger partial charge is 0.508 e. The number of benzene rings is 1. The van der Waals surface area contributed by atoms with E-state index in [1.54, 1.807) is 6.07 Å². The maximum atomic E-state index is 9.66. The van der Waals surface area contributed by atoms with Crippen molar-refractivity contribution in [2.45, 2.75) is 32.4 Å². The molecule has 0 amide bonds. The lowest BCUT2D eigenvalue weighted by molar-refractivity contribution is 0.0731. The first-order valence-corrected chi connectivity index (χ1v) is 6.52. The van der Waals surface area contributed by atoms with E-state index in [-0.39, 0.29) is 0 Å². The molecule has 0 bridgehead atoms. The first-order valence-electron chi connectivity index (χ1n) is 6.52. The zero-order valence-corrected chi connectivity index (χ0v) is 11.1. The summed E-state index contributed by atoms with van der Waals surface area (Å²) in [5.74, 6) is 0.339. The lowest BCUT2D eigenvalue weighted by atomic mass is 10.1. The Hall–Kier alpha value is -1.26. The van der Waals surface area contributed by atoms with Crippen LogP contribution in [0.25, 0.3) is 0 Å². The SMILES string of the molecule is Cc1ccc(NC(C)CC2COCCN2)cc1O. The van der Waals surface area contributed by atoms with E-state index in [9.17, 15) is 5.11 Å². The van der Waals surface area contributed by atoms with Gasteiger partial charge in [-0.3, -0.25) is 0 Å².